The maximum absolute atomic E-state index is 11.9. The van der Waals surface area contributed by atoms with Crippen LogP contribution in [0.25, 0.3) is 17.0 Å². The van der Waals surface area contributed by atoms with E-state index in [-0.39, 0.29) is 12.5 Å². The summed E-state index contributed by atoms with van der Waals surface area (Å²) in [5, 5.41) is 3.91. The van der Waals surface area contributed by atoms with E-state index in [0.29, 0.717) is 19.6 Å². The minimum atomic E-state index is -0.564. The highest BCUT2D eigenvalue weighted by Gasteiger charge is 2.06. The first-order valence-corrected chi connectivity index (χ1v) is 9.55. The molecule has 6 heteroatoms. The predicted octanol–water partition coefficient (Wildman–Crippen LogP) is 3.48. The molecule has 150 valence electrons. The third-order valence-electron chi connectivity index (χ3n) is 4.34. The zero-order valence-corrected chi connectivity index (χ0v) is 16.3. The van der Waals surface area contributed by atoms with Crippen molar-refractivity contribution in [2.24, 2.45) is 0 Å². The lowest BCUT2D eigenvalue weighted by Crippen LogP contribution is -2.30. The SMILES string of the molecule is CCOc1ccc(/C=C/C(=O)OCC(=O)NCCc2c[nH]c3ccccc23)cc1. The van der Waals surface area contributed by atoms with Crippen LogP contribution in [0.5, 0.6) is 5.75 Å². The molecule has 2 aromatic carbocycles. The Labute approximate surface area is 169 Å². The van der Waals surface area contributed by atoms with Crippen LogP contribution < -0.4 is 10.1 Å². The number of fused-ring (bicyclic) bond motifs is 1. The first kappa shape index (κ1) is 20.2. The van der Waals surface area contributed by atoms with Gasteiger partial charge in [0.05, 0.1) is 6.61 Å². The van der Waals surface area contributed by atoms with E-state index in [1.54, 1.807) is 6.08 Å². The fourth-order valence-corrected chi connectivity index (χ4v) is 2.92. The monoisotopic (exact) mass is 392 g/mol. The lowest BCUT2D eigenvalue weighted by atomic mass is 10.1. The zero-order chi connectivity index (χ0) is 20.5. The van der Waals surface area contributed by atoms with Crippen LogP contribution in [0, 0.1) is 0 Å². The zero-order valence-electron chi connectivity index (χ0n) is 16.3. The van der Waals surface area contributed by atoms with Crippen molar-refractivity contribution in [3.63, 3.8) is 0 Å². The molecule has 0 radical (unpaired) electrons. The molecule has 0 fully saturated rings. The highest BCUT2D eigenvalue weighted by atomic mass is 16.5. The Bertz CT molecular complexity index is 990. The average molecular weight is 392 g/mol. The highest BCUT2D eigenvalue weighted by Crippen LogP contribution is 2.17. The molecule has 3 aromatic rings. The number of aromatic nitrogens is 1. The van der Waals surface area contributed by atoms with E-state index in [9.17, 15) is 9.59 Å². The fourth-order valence-electron chi connectivity index (χ4n) is 2.92. The number of ether oxygens (including phenoxy) is 2. The summed E-state index contributed by atoms with van der Waals surface area (Å²) in [6, 6.07) is 15.4. The molecule has 29 heavy (non-hydrogen) atoms. The lowest BCUT2D eigenvalue weighted by Gasteiger charge is -2.05. The largest absolute Gasteiger partial charge is 0.494 e. The molecule has 1 amide bonds. The number of hydrogen-bond acceptors (Lipinski definition) is 4. The van der Waals surface area contributed by atoms with Gasteiger partial charge in [-0.2, -0.15) is 0 Å². The van der Waals surface area contributed by atoms with Crippen molar-refractivity contribution in [2.75, 3.05) is 19.8 Å². The Hall–Kier alpha value is -3.54. The van der Waals surface area contributed by atoms with Gasteiger partial charge < -0.3 is 19.8 Å². The molecule has 0 atom stereocenters. The third kappa shape index (κ3) is 5.97. The van der Waals surface area contributed by atoms with Crippen LogP contribution in [0.1, 0.15) is 18.1 Å². The molecule has 1 aromatic heterocycles. The second-order valence-electron chi connectivity index (χ2n) is 6.40. The number of rotatable bonds is 9. The Morgan fingerprint density at radius 1 is 1.10 bits per heavy atom. The standard InChI is InChI=1S/C23H24N2O4/c1-2-28-19-10-7-17(8-11-19)9-12-23(27)29-16-22(26)24-14-13-18-15-25-21-6-4-3-5-20(18)21/h3-12,15,25H,2,13-14,16H2,1H3,(H,24,26)/b12-9+. The van der Waals surface area contributed by atoms with Gasteiger partial charge in [-0.15, -0.1) is 0 Å². The van der Waals surface area contributed by atoms with Crippen molar-refractivity contribution in [3.8, 4) is 5.75 Å². The van der Waals surface area contributed by atoms with Crippen molar-refractivity contribution in [1.82, 2.24) is 10.3 Å². The summed E-state index contributed by atoms with van der Waals surface area (Å²) in [5.41, 5.74) is 3.05. The number of carbonyl (C=O) groups is 2. The summed E-state index contributed by atoms with van der Waals surface area (Å²) in [6.07, 6.45) is 5.58. The van der Waals surface area contributed by atoms with Crippen molar-refractivity contribution in [3.05, 3.63) is 71.9 Å². The Kier molecular flexibility index (Phi) is 7.05. The predicted molar refractivity (Wildman–Crippen MR) is 113 cm³/mol. The molecule has 0 unspecified atom stereocenters. The molecule has 0 aliphatic carbocycles. The summed E-state index contributed by atoms with van der Waals surface area (Å²) in [7, 11) is 0. The third-order valence-corrected chi connectivity index (χ3v) is 4.34. The summed E-state index contributed by atoms with van der Waals surface area (Å²) >= 11 is 0. The number of para-hydroxylation sites is 1. The molecular weight excluding hydrogens is 368 g/mol. The molecular formula is C23H24N2O4. The molecule has 2 N–H and O–H groups in total. The normalized spacial score (nSPS) is 10.9. The molecule has 0 bridgehead atoms. The van der Waals surface area contributed by atoms with Gasteiger partial charge in [-0.05, 0) is 48.7 Å². The molecule has 0 saturated carbocycles. The van der Waals surface area contributed by atoms with Crippen LogP contribution in [0.15, 0.2) is 60.8 Å². The molecule has 0 aliphatic heterocycles. The molecule has 3 rings (SSSR count). The molecule has 6 nitrogen and oxygen atoms in total. The number of benzene rings is 2. The van der Waals surface area contributed by atoms with Crippen molar-refractivity contribution in [2.45, 2.75) is 13.3 Å². The maximum Gasteiger partial charge on any atom is 0.331 e. The highest BCUT2D eigenvalue weighted by molar-refractivity contribution is 5.89. The number of nitrogens with one attached hydrogen (secondary N) is 2. The van der Waals surface area contributed by atoms with Gasteiger partial charge in [0, 0.05) is 29.7 Å². The summed E-state index contributed by atoms with van der Waals surface area (Å²) in [4.78, 5) is 26.9. The van der Waals surface area contributed by atoms with E-state index in [1.165, 1.54) is 6.08 Å². The van der Waals surface area contributed by atoms with Crippen LogP contribution in [-0.2, 0) is 20.7 Å². The van der Waals surface area contributed by atoms with Crippen LogP contribution in [0.2, 0.25) is 0 Å². The van der Waals surface area contributed by atoms with Gasteiger partial charge in [-0.3, -0.25) is 4.79 Å². The van der Waals surface area contributed by atoms with Gasteiger partial charge in [-0.25, -0.2) is 4.79 Å². The molecule has 0 aliphatic rings. The maximum atomic E-state index is 11.9. The number of amides is 1. The smallest absolute Gasteiger partial charge is 0.331 e. The second kappa shape index (κ2) is 10.1. The van der Waals surface area contributed by atoms with E-state index in [0.717, 1.165) is 27.8 Å². The van der Waals surface area contributed by atoms with E-state index in [2.05, 4.69) is 10.3 Å². The average Bonchev–Trinajstić information content (AvgIpc) is 3.15. The first-order valence-electron chi connectivity index (χ1n) is 9.55. The van der Waals surface area contributed by atoms with Crippen LogP contribution in [0.4, 0.5) is 0 Å². The van der Waals surface area contributed by atoms with Gasteiger partial charge in [0.15, 0.2) is 6.61 Å². The van der Waals surface area contributed by atoms with E-state index < -0.39 is 5.97 Å². The first-order chi connectivity index (χ1) is 14.2. The van der Waals surface area contributed by atoms with E-state index in [1.807, 2.05) is 61.7 Å². The summed E-state index contributed by atoms with van der Waals surface area (Å²) in [6.45, 7) is 2.69. The Balaban J connectivity index is 1.38. The number of carbonyl (C=O) groups excluding carboxylic acids is 2. The van der Waals surface area contributed by atoms with Crippen LogP contribution in [-0.4, -0.2) is 36.6 Å². The number of hydrogen-bond donors (Lipinski definition) is 2. The quantitative estimate of drug-likeness (QED) is 0.432. The van der Waals surface area contributed by atoms with Crippen molar-refractivity contribution < 1.29 is 19.1 Å². The molecule has 1 heterocycles. The lowest BCUT2D eigenvalue weighted by molar-refractivity contribution is -0.143. The van der Waals surface area contributed by atoms with E-state index in [4.69, 9.17) is 9.47 Å². The topological polar surface area (TPSA) is 80.4 Å². The second-order valence-corrected chi connectivity index (χ2v) is 6.40. The van der Waals surface area contributed by atoms with Gasteiger partial charge in [-0.1, -0.05) is 30.3 Å². The number of aromatic amines is 1. The fraction of sp³-hybridized carbons (Fsp3) is 0.217. The van der Waals surface area contributed by atoms with Gasteiger partial charge in [0.25, 0.3) is 5.91 Å². The van der Waals surface area contributed by atoms with Gasteiger partial charge in [0.2, 0.25) is 0 Å². The molecule has 0 spiro atoms. The number of H-pyrrole nitrogens is 1. The Morgan fingerprint density at radius 3 is 2.69 bits per heavy atom. The van der Waals surface area contributed by atoms with Crippen molar-refractivity contribution >= 4 is 28.9 Å². The van der Waals surface area contributed by atoms with Crippen LogP contribution >= 0.6 is 0 Å². The van der Waals surface area contributed by atoms with Gasteiger partial charge in [0.1, 0.15) is 5.75 Å². The van der Waals surface area contributed by atoms with Gasteiger partial charge >= 0.3 is 5.97 Å². The minimum Gasteiger partial charge on any atom is -0.494 e. The summed E-state index contributed by atoms with van der Waals surface area (Å²) < 4.78 is 10.3. The number of esters is 1. The minimum absolute atomic E-state index is 0.305. The summed E-state index contributed by atoms with van der Waals surface area (Å²) in [5.74, 6) is -0.116. The van der Waals surface area contributed by atoms with E-state index >= 15 is 0 Å². The Morgan fingerprint density at radius 2 is 1.90 bits per heavy atom. The van der Waals surface area contributed by atoms with Crippen molar-refractivity contribution in [1.29, 1.82) is 0 Å². The van der Waals surface area contributed by atoms with Crippen LogP contribution in [0.3, 0.4) is 0 Å². The molecule has 0 saturated heterocycles.